The molecule has 0 radical (unpaired) electrons. The molecule has 7 rings (SSSR count). The van der Waals surface area contributed by atoms with E-state index in [2.05, 4.69) is 61.5 Å². The molecule has 0 aliphatic rings. The van der Waals surface area contributed by atoms with E-state index in [4.69, 9.17) is 17.9 Å². The van der Waals surface area contributed by atoms with Gasteiger partial charge in [0.15, 0.2) is 22.6 Å². The van der Waals surface area contributed by atoms with Crippen LogP contribution in [0.15, 0.2) is 81.6 Å². The Kier molecular flexibility index (Phi) is 4.31. The van der Waals surface area contributed by atoms with Crippen LogP contribution in [0.4, 0.5) is 0 Å². The Morgan fingerprint density at radius 1 is 0.737 bits per heavy atom. The van der Waals surface area contributed by atoms with Crippen molar-refractivity contribution in [1.29, 1.82) is 0 Å². The number of aryl methyl sites for hydroxylation is 1. The fraction of sp³-hybridized carbons (Fsp3) is 0.212. The van der Waals surface area contributed by atoms with E-state index < -0.39 is 6.85 Å². The molecular weight excluding hydrogens is 470 g/mol. The number of oxazole rings is 1. The molecule has 188 valence electrons. The molecule has 3 aromatic heterocycles. The summed E-state index contributed by atoms with van der Waals surface area (Å²) in [5, 5.41) is 1.74. The molecule has 0 aliphatic heterocycles. The molecule has 0 bridgehead atoms. The van der Waals surface area contributed by atoms with E-state index in [-0.39, 0.29) is 5.89 Å². The van der Waals surface area contributed by atoms with Gasteiger partial charge in [-0.2, -0.15) is 0 Å². The molecule has 0 saturated carbocycles. The van der Waals surface area contributed by atoms with Gasteiger partial charge in [-0.3, -0.25) is 4.57 Å². The van der Waals surface area contributed by atoms with Crippen LogP contribution < -0.4 is 0 Å². The van der Waals surface area contributed by atoms with E-state index in [9.17, 15) is 0 Å². The Labute approximate surface area is 224 Å². The highest BCUT2D eigenvalue weighted by molar-refractivity contribution is 6.15. The minimum absolute atomic E-state index is 0.297. The molecule has 0 unspecified atom stereocenters. The lowest BCUT2D eigenvalue weighted by molar-refractivity contribution is 0.561. The smallest absolute Gasteiger partial charge is 0.192 e. The van der Waals surface area contributed by atoms with Gasteiger partial charge in [0.25, 0.3) is 0 Å². The van der Waals surface area contributed by atoms with E-state index in [0.717, 1.165) is 38.9 Å². The number of hydrogen-bond acceptors (Lipinski definition) is 4. The number of nitrogens with zero attached hydrogens (tertiary/aromatic N) is 3. The first-order valence-corrected chi connectivity index (χ1v) is 13.0. The van der Waals surface area contributed by atoms with Crippen molar-refractivity contribution in [2.75, 3.05) is 0 Å². The number of aromatic nitrogens is 3. The van der Waals surface area contributed by atoms with Crippen molar-refractivity contribution in [3.8, 4) is 17.1 Å². The number of hydrogen-bond donors (Lipinski definition) is 0. The number of fused-ring (bicyclic) bond motifs is 6. The van der Waals surface area contributed by atoms with E-state index in [1.54, 1.807) is 6.07 Å². The van der Waals surface area contributed by atoms with Crippen molar-refractivity contribution in [2.24, 2.45) is 0 Å². The summed E-state index contributed by atoms with van der Waals surface area (Å²) in [5.74, 6) is 1.08. The zero-order valence-corrected chi connectivity index (χ0v) is 21.7. The summed E-state index contributed by atoms with van der Waals surface area (Å²) in [7, 11) is 0. The number of imidazole rings is 1. The number of para-hydroxylation sites is 4. The zero-order chi connectivity index (χ0) is 28.6. The molecule has 0 aliphatic carbocycles. The van der Waals surface area contributed by atoms with Gasteiger partial charge in [-0.1, -0.05) is 70.2 Å². The van der Waals surface area contributed by atoms with Gasteiger partial charge in [0.2, 0.25) is 0 Å². The predicted octanol–water partition coefficient (Wildman–Crippen LogP) is 9.29. The lowest BCUT2D eigenvalue weighted by Crippen LogP contribution is -2.08. The van der Waals surface area contributed by atoms with E-state index in [1.165, 1.54) is 11.1 Å². The minimum Gasteiger partial charge on any atom is -0.453 e. The largest absolute Gasteiger partial charge is 0.453 e. The fourth-order valence-corrected chi connectivity index (χ4v) is 5.63. The van der Waals surface area contributed by atoms with Crippen molar-refractivity contribution in [3.63, 3.8) is 0 Å². The highest BCUT2D eigenvalue weighted by Gasteiger charge is 2.24. The van der Waals surface area contributed by atoms with Gasteiger partial charge in [0.05, 0.1) is 22.3 Å². The van der Waals surface area contributed by atoms with Gasteiger partial charge < -0.3 is 8.83 Å². The molecule has 3 heterocycles. The first kappa shape index (κ1) is 19.7. The van der Waals surface area contributed by atoms with E-state index in [0.29, 0.717) is 34.1 Å². The van der Waals surface area contributed by atoms with Crippen molar-refractivity contribution >= 4 is 44.1 Å². The summed E-state index contributed by atoms with van der Waals surface area (Å²) < 4.78 is 37.7. The van der Waals surface area contributed by atoms with Crippen LogP contribution in [0.3, 0.4) is 0 Å². The van der Waals surface area contributed by atoms with Gasteiger partial charge in [0.1, 0.15) is 11.4 Å². The van der Waals surface area contributed by atoms with Gasteiger partial charge >= 0.3 is 0 Å². The SMILES string of the molecule is [2H]C([2H])([2H])c1nc2c(ccc3c4cccc(-c5nc6ccccc6n5-c5c(C(C)C)cccc5C(C)C)c4oc32)o1. The molecule has 7 aromatic rings. The van der Waals surface area contributed by atoms with Crippen molar-refractivity contribution < 1.29 is 12.9 Å². The second kappa shape index (κ2) is 8.32. The molecule has 0 saturated heterocycles. The molecule has 0 amide bonds. The normalized spacial score (nSPS) is 13.8. The van der Waals surface area contributed by atoms with Crippen LogP contribution in [0, 0.1) is 6.85 Å². The summed E-state index contributed by atoms with van der Waals surface area (Å²) in [6.07, 6.45) is 0. The highest BCUT2D eigenvalue weighted by Crippen LogP contribution is 2.42. The summed E-state index contributed by atoms with van der Waals surface area (Å²) >= 11 is 0. The lowest BCUT2D eigenvalue weighted by Gasteiger charge is -2.22. The Morgan fingerprint density at radius 2 is 1.47 bits per heavy atom. The lowest BCUT2D eigenvalue weighted by atomic mass is 9.92. The number of benzene rings is 4. The molecule has 0 atom stereocenters. The van der Waals surface area contributed by atoms with Crippen LogP contribution in [0.1, 0.15) is 60.7 Å². The Balaban J connectivity index is 1.58. The van der Waals surface area contributed by atoms with Crippen LogP contribution in [0.2, 0.25) is 0 Å². The summed E-state index contributed by atoms with van der Waals surface area (Å²) in [5.41, 5.74) is 8.34. The van der Waals surface area contributed by atoms with Crippen LogP contribution in [-0.2, 0) is 0 Å². The van der Waals surface area contributed by atoms with Gasteiger partial charge in [-0.05, 0) is 53.3 Å². The van der Waals surface area contributed by atoms with Crippen LogP contribution in [0.5, 0.6) is 0 Å². The quantitative estimate of drug-likeness (QED) is 0.241. The molecular formula is C33H29N3O2. The average molecular weight is 503 g/mol. The van der Waals surface area contributed by atoms with Crippen molar-refractivity contribution in [2.45, 2.75) is 46.4 Å². The van der Waals surface area contributed by atoms with Gasteiger partial charge in [-0.25, -0.2) is 9.97 Å². The minimum atomic E-state index is -2.45. The third-order valence-corrected chi connectivity index (χ3v) is 7.39. The Morgan fingerprint density at radius 3 is 2.24 bits per heavy atom. The van der Waals surface area contributed by atoms with Crippen molar-refractivity contribution in [1.82, 2.24) is 14.5 Å². The molecule has 5 heteroatoms. The van der Waals surface area contributed by atoms with Gasteiger partial charge in [0, 0.05) is 21.7 Å². The van der Waals surface area contributed by atoms with Crippen molar-refractivity contribution in [3.05, 3.63) is 89.8 Å². The second-order valence-corrected chi connectivity index (χ2v) is 10.4. The summed E-state index contributed by atoms with van der Waals surface area (Å²) in [6.45, 7) is 6.43. The van der Waals surface area contributed by atoms with Crippen LogP contribution in [-0.4, -0.2) is 14.5 Å². The molecule has 4 aromatic carbocycles. The summed E-state index contributed by atoms with van der Waals surface area (Å²) in [6, 6.07) is 24.5. The maximum atomic E-state index is 7.76. The zero-order valence-electron chi connectivity index (χ0n) is 24.7. The van der Waals surface area contributed by atoms with E-state index in [1.807, 2.05) is 42.5 Å². The average Bonchev–Trinajstić information content (AvgIpc) is 3.65. The molecule has 0 spiro atoms. The maximum Gasteiger partial charge on any atom is 0.192 e. The van der Waals surface area contributed by atoms with Crippen LogP contribution in [0.25, 0.3) is 61.1 Å². The summed E-state index contributed by atoms with van der Waals surface area (Å²) in [4.78, 5) is 9.50. The molecule has 38 heavy (non-hydrogen) atoms. The number of rotatable bonds is 4. The third kappa shape index (κ3) is 3.24. The van der Waals surface area contributed by atoms with Crippen LogP contribution >= 0.6 is 0 Å². The Hall–Kier alpha value is -4.38. The first-order chi connectivity index (χ1) is 19.6. The van der Waals surface area contributed by atoms with E-state index >= 15 is 0 Å². The van der Waals surface area contributed by atoms with Gasteiger partial charge in [-0.15, -0.1) is 0 Å². The number of furan rings is 1. The molecule has 0 fully saturated rings. The molecule has 0 N–H and O–H groups in total. The predicted molar refractivity (Wildman–Crippen MR) is 154 cm³/mol. The third-order valence-electron chi connectivity index (χ3n) is 7.39. The molecule has 5 nitrogen and oxygen atoms in total. The monoisotopic (exact) mass is 502 g/mol. The standard InChI is InChI=1S/C33H29N3O2/c1-18(2)21-10-8-11-22(19(3)4)30(21)36-27-15-7-6-14-26(27)35-33(36)25-13-9-12-23-24-16-17-28-29(34-20(5)37-28)32(24)38-31(23)25/h6-19H,1-5H3/i5D3. The topological polar surface area (TPSA) is 57.0 Å². The second-order valence-electron chi connectivity index (χ2n) is 10.4. The Bertz CT molecular complexity index is 2090. The maximum absolute atomic E-state index is 7.76. The fourth-order valence-electron chi connectivity index (χ4n) is 5.63. The highest BCUT2D eigenvalue weighted by atomic mass is 16.4. The first-order valence-electron chi connectivity index (χ1n) is 14.5.